The van der Waals surface area contributed by atoms with Gasteiger partial charge in [-0.3, -0.25) is 4.90 Å². The number of likely N-dealkylation sites (tertiary alicyclic amines) is 1. The molecule has 1 aliphatic rings. The quantitative estimate of drug-likeness (QED) is 0.626. The van der Waals surface area contributed by atoms with Gasteiger partial charge in [-0.1, -0.05) is 6.42 Å². The second kappa shape index (κ2) is 4.17. The van der Waals surface area contributed by atoms with Crippen molar-refractivity contribution in [3.05, 3.63) is 0 Å². The van der Waals surface area contributed by atoms with Gasteiger partial charge in [0.05, 0.1) is 6.04 Å². The summed E-state index contributed by atoms with van der Waals surface area (Å²) < 4.78 is 25.0. The van der Waals surface area contributed by atoms with Crippen molar-refractivity contribution >= 4 is 0 Å². The Hall–Kier alpha value is -0.180. The maximum atomic E-state index is 12.5. The highest BCUT2D eigenvalue weighted by Crippen LogP contribution is 2.23. The molecule has 1 saturated heterocycles. The third kappa shape index (κ3) is 2.16. The highest BCUT2D eigenvalue weighted by molar-refractivity contribution is 4.80. The summed E-state index contributed by atoms with van der Waals surface area (Å²) in [7, 11) is 0. The first-order chi connectivity index (χ1) is 5.63. The number of piperidine rings is 1. The smallest absolute Gasteiger partial charge is 0.253 e. The van der Waals surface area contributed by atoms with E-state index in [1.807, 2.05) is 18.7 Å². The molecule has 0 N–H and O–H groups in total. The molecular formula is C9H17F2N. The van der Waals surface area contributed by atoms with Gasteiger partial charge in [-0.2, -0.15) is 0 Å². The van der Waals surface area contributed by atoms with Crippen LogP contribution in [0.15, 0.2) is 0 Å². The van der Waals surface area contributed by atoms with E-state index in [2.05, 4.69) is 0 Å². The zero-order valence-corrected chi connectivity index (χ0v) is 7.76. The van der Waals surface area contributed by atoms with Gasteiger partial charge in [0.2, 0.25) is 0 Å². The van der Waals surface area contributed by atoms with Crippen molar-refractivity contribution < 1.29 is 8.78 Å². The summed E-state index contributed by atoms with van der Waals surface area (Å²) in [6.07, 6.45) is 0.517. The largest absolute Gasteiger partial charge is 0.293 e. The Morgan fingerprint density at radius 3 is 2.33 bits per heavy atom. The minimum absolute atomic E-state index is 0.254. The van der Waals surface area contributed by atoms with Crippen molar-refractivity contribution in [2.45, 2.75) is 51.6 Å². The molecule has 0 aromatic carbocycles. The van der Waals surface area contributed by atoms with Gasteiger partial charge in [-0.15, -0.1) is 0 Å². The molecule has 0 aromatic rings. The van der Waals surface area contributed by atoms with E-state index in [1.54, 1.807) is 0 Å². The Morgan fingerprint density at radius 2 is 1.92 bits per heavy atom. The van der Waals surface area contributed by atoms with Crippen LogP contribution in [0.3, 0.4) is 0 Å². The van der Waals surface area contributed by atoms with Gasteiger partial charge in [0.25, 0.3) is 6.43 Å². The van der Waals surface area contributed by atoms with Crippen molar-refractivity contribution in [3.63, 3.8) is 0 Å². The Morgan fingerprint density at radius 1 is 1.25 bits per heavy atom. The normalized spacial score (nSPS) is 27.0. The van der Waals surface area contributed by atoms with Gasteiger partial charge < -0.3 is 0 Å². The highest BCUT2D eigenvalue weighted by Gasteiger charge is 2.30. The zero-order chi connectivity index (χ0) is 9.14. The van der Waals surface area contributed by atoms with Crippen LogP contribution < -0.4 is 0 Å². The van der Waals surface area contributed by atoms with Crippen LogP contribution in [-0.2, 0) is 0 Å². The third-order valence-corrected chi connectivity index (χ3v) is 2.55. The lowest BCUT2D eigenvalue weighted by Crippen LogP contribution is -2.47. The first kappa shape index (κ1) is 9.90. The molecule has 1 heterocycles. The number of hydrogen-bond donors (Lipinski definition) is 0. The molecule has 1 aliphatic heterocycles. The first-order valence-corrected chi connectivity index (χ1v) is 4.67. The molecule has 72 valence electrons. The Bertz CT molecular complexity index is 120. The van der Waals surface area contributed by atoms with Crippen LogP contribution in [0.4, 0.5) is 8.78 Å². The predicted molar refractivity (Wildman–Crippen MR) is 45.5 cm³/mol. The molecule has 0 saturated carbocycles. The summed E-state index contributed by atoms with van der Waals surface area (Å²) in [5.74, 6) is 0. The maximum Gasteiger partial charge on any atom is 0.253 e. The Balaban J connectivity index is 2.54. The lowest BCUT2D eigenvalue weighted by atomic mass is 10.0. The molecule has 0 unspecified atom stereocenters. The fourth-order valence-corrected chi connectivity index (χ4v) is 1.89. The van der Waals surface area contributed by atoms with E-state index < -0.39 is 12.5 Å². The lowest BCUT2D eigenvalue weighted by Gasteiger charge is -2.37. The zero-order valence-electron chi connectivity index (χ0n) is 7.76. The Kier molecular flexibility index (Phi) is 3.44. The van der Waals surface area contributed by atoms with Crippen molar-refractivity contribution in [2.24, 2.45) is 0 Å². The van der Waals surface area contributed by atoms with E-state index >= 15 is 0 Å². The van der Waals surface area contributed by atoms with Crippen LogP contribution in [0, 0.1) is 0 Å². The van der Waals surface area contributed by atoms with Gasteiger partial charge in [0.15, 0.2) is 0 Å². The van der Waals surface area contributed by atoms with Crippen LogP contribution in [0.5, 0.6) is 0 Å². The van der Waals surface area contributed by atoms with Crippen LogP contribution in [0.2, 0.25) is 0 Å². The van der Waals surface area contributed by atoms with Gasteiger partial charge in [0, 0.05) is 6.04 Å². The summed E-state index contributed by atoms with van der Waals surface area (Å²) in [5, 5.41) is 0. The molecule has 3 heteroatoms. The molecule has 12 heavy (non-hydrogen) atoms. The Labute approximate surface area is 72.7 Å². The van der Waals surface area contributed by atoms with E-state index in [9.17, 15) is 8.78 Å². The number of rotatable bonds is 2. The van der Waals surface area contributed by atoms with Crippen molar-refractivity contribution in [1.82, 2.24) is 4.90 Å². The van der Waals surface area contributed by atoms with Gasteiger partial charge >= 0.3 is 0 Å². The number of halogens is 2. The van der Waals surface area contributed by atoms with Crippen molar-refractivity contribution in [1.29, 1.82) is 0 Å². The summed E-state index contributed by atoms with van der Waals surface area (Å²) in [4.78, 5) is 1.92. The van der Waals surface area contributed by atoms with Crippen molar-refractivity contribution in [2.75, 3.05) is 6.54 Å². The summed E-state index contributed by atoms with van der Waals surface area (Å²) >= 11 is 0. The van der Waals surface area contributed by atoms with Crippen LogP contribution >= 0.6 is 0 Å². The average Bonchev–Trinajstić information content (AvgIpc) is 2.04. The number of nitrogens with zero attached hydrogens (tertiary/aromatic N) is 1. The summed E-state index contributed by atoms with van der Waals surface area (Å²) in [6, 6.07) is -0.233. The van der Waals surface area contributed by atoms with E-state index in [4.69, 9.17) is 0 Å². The van der Waals surface area contributed by atoms with Crippen molar-refractivity contribution in [3.8, 4) is 0 Å². The first-order valence-electron chi connectivity index (χ1n) is 4.67. The van der Waals surface area contributed by atoms with E-state index in [0.29, 0.717) is 6.42 Å². The van der Waals surface area contributed by atoms with E-state index in [0.717, 1.165) is 19.4 Å². The van der Waals surface area contributed by atoms with Gasteiger partial charge in [-0.25, -0.2) is 8.78 Å². The second-order valence-electron chi connectivity index (χ2n) is 3.73. The molecule has 0 radical (unpaired) electrons. The van der Waals surface area contributed by atoms with E-state index in [-0.39, 0.29) is 6.04 Å². The van der Waals surface area contributed by atoms with Crippen LogP contribution in [0.25, 0.3) is 0 Å². The monoisotopic (exact) mass is 177 g/mol. The molecule has 1 nitrogen and oxygen atoms in total. The SMILES string of the molecule is CC(C)N1CCCC[C@H]1C(F)F. The highest BCUT2D eigenvalue weighted by atomic mass is 19.3. The van der Waals surface area contributed by atoms with Gasteiger partial charge in [0.1, 0.15) is 0 Å². The molecular weight excluding hydrogens is 160 g/mol. The lowest BCUT2D eigenvalue weighted by molar-refractivity contribution is -0.0108. The fourth-order valence-electron chi connectivity index (χ4n) is 1.89. The second-order valence-corrected chi connectivity index (χ2v) is 3.73. The molecule has 1 fully saturated rings. The maximum absolute atomic E-state index is 12.5. The molecule has 0 amide bonds. The summed E-state index contributed by atoms with van der Waals surface area (Å²) in [5.41, 5.74) is 0. The molecule has 0 spiro atoms. The standard InChI is InChI=1S/C9H17F2N/c1-7(2)12-6-4-3-5-8(12)9(10)11/h7-9H,3-6H2,1-2H3/t8-/m0/s1. The molecule has 0 bridgehead atoms. The van der Waals surface area contributed by atoms with Gasteiger partial charge in [-0.05, 0) is 33.2 Å². The van der Waals surface area contributed by atoms with Crippen LogP contribution in [-0.4, -0.2) is 30.0 Å². The molecule has 1 rings (SSSR count). The molecule has 0 aliphatic carbocycles. The molecule has 1 atom stereocenters. The minimum Gasteiger partial charge on any atom is -0.293 e. The topological polar surface area (TPSA) is 3.24 Å². The minimum atomic E-state index is -2.17. The van der Waals surface area contributed by atoms with E-state index in [1.165, 1.54) is 0 Å². The third-order valence-electron chi connectivity index (χ3n) is 2.55. The number of hydrogen-bond acceptors (Lipinski definition) is 1. The number of alkyl halides is 2. The predicted octanol–water partition coefficient (Wildman–Crippen LogP) is 2.51. The molecule has 0 aromatic heterocycles. The average molecular weight is 177 g/mol. The van der Waals surface area contributed by atoms with Crippen LogP contribution in [0.1, 0.15) is 33.1 Å². The fraction of sp³-hybridized carbons (Fsp3) is 1.00. The summed E-state index contributed by atoms with van der Waals surface area (Å²) in [6.45, 7) is 4.81.